The van der Waals surface area contributed by atoms with Crippen LogP contribution >= 0.6 is 0 Å². The van der Waals surface area contributed by atoms with Crippen molar-refractivity contribution in [3.63, 3.8) is 0 Å². The van der Waals surface area contributed by atoms with E-state index in [1.807, 2.05) is 50.2 Å². The van der Waals surface area contributed by atoms with Gasteiger partial charge in [-0.1, -0.05) is 89.1 Å². The highest BCUT2D eigenvalue weighted by atomic mass is 16.3. The summed E-state index contributed by atoms with van der Waals surface area (Å²) in [6, 6.07) is 11.7. The Morgan fingerprint density at radius 2 is 0.903 bits per heavy atom. The molecule has 0 saturated carbocycles. The summed E-state index contributed by atoms with van der Waals surface area (Å²) in [4.78, 5) is 0. The molecule has 0 spiro atoms. The maximum absolute atomic E-state index is 12.7. The van der Waals surface area contributed by atoms with E-state index in [4.69, 9.17) is 0 Å². The van der Waals surface area contributed by atoms with Crippen molar-refractivity contribution in [2.75, 3.05) is 19.8 Å². The lowest BCUT2D eigenvalue weighted by molar-refractivity contribution is -0.137. The van der Waals surface area contributed by atoms with Gasteiger partial charge in [-0.2, -0.15) is 0 Å². The van der Waals surface area contributed by atoms with Crippen molar-refractivity contribution in [2.24, 2.45) is 5.41 Å². The Balaban J connectivity index is 3.12. The van der Waals surface area contributed by atoms with Crippen molar-refractivity contribution >= 4 is 0 Å². The average molecular weight is 429 g/mol. The summed E-state index contributed by atoms with van der Waals surface area (Å²) in [7, 11) is 0. The predicted molar refractivity (Wildman–Crippen MR) is 126 cm³/mol. The van der Waals surface area contributed by atoms with Crippen molar-refractivity contribution in [3.8, 4) is 0 Å². The Morgan fingerprint density at radius 1 is 0.581 bits per heavy atom. The Bertz CT molecular complexity index is 840. The molecule has 0 aliphatic rings. The van der Waals surface area contributed by atoms with Crippen LogP contribution in [0.25, 0.3) is 0 Å². The number of aliphatic hydroxyl groups is 4. The zero-order valence-corrected chi connectivity index (χ0v) is 20.4. The SMILES string of the molecule is Cc1ccc(C(O)(c2ccc(C)cc2C(C)(C)C)C(CO)(CO)CO)c(C(C)(C)C)c1. The van der Waals surface area contributed by atoms with Crippen LogP contribution in [0.15, 0.2) is 36.4 Å². The molecule has 0 atom stereocenters. The Morgan fingerprint density at radius 3 is 1.16 bits per heavy atom. The summed E-state index contributed by atoms with van der Waals surface area (Å²) in [6.07, 6.45) is 0. The van der Waals surface area contributed by atoms with E-state index in [0.717, 1.165) is 22.3 Å². The molecule has 0 aliphatic carbocycles. The first-order chi connectivity index (χ1) is 14.2. The number of rotatable bonds is 6. The van der Waals surface area contributed by atoms with E-state index in [1.165, 1.54) is 0 Å². The molecule has 2 aromatic carbocycles. The molecule has 0 heterocycles. The van der Waals surface area contributed by atoms with Crippen LogP contribution in [0.5, 0.6) is 0 Å². The van der Waals surface area contributed by atoms with Gasteiger partial charge in [-0.05, 0) is 46.9 Å². The normalized spacial score (nSPS) is 13.5. The number of aliphatic hydroxyl groups excluding tert-OH is 3. The lowest BCUT2D eigenvalue weighted by atomic mass is 9.60. The lowest BCUT2D eigenvalue weighted by Gasteiger charge is -2.48. The Kier molecular flexibility index (Phi) is 7.14. The molecular weight excluding hydrogens is 388 g/mol. The standard InChI is InChI=1S/C27H40O4/c1-18-9-11-20(22(13-18)24(3,4)5)27(31,26(15-28,16-29)17-30)21-12-10-19(2)14-23(21)25(6,7)8/h9-14,28-31H,15-17H2,1-8H3. The Labute approximate surface area is 187 Å². The quantitative estimate of drug-likeness (QED) is 0.558. The van der Waals surface area contributed by atoms with Crippen molar-refractivity contribution < 1.29 is 20.4 Å². The third kappa shape index (κ3) is 4.45. The smallest absolute Gasteiger partial charge is 0.127 e. The van der Waals surface area contributed by atoms with Crippen LogP contribution in [0, 0.1) is 19.3 Å². The van der Waals surface area contributed by atoms with E-state index in [1.54, 1.807) is 0 Å². The first kappa shape index (κ1) is 25.5. The molecule has 2 rings (SSSR count). The summed E-state index contributed by atoms with van der Waals surface area (Å²) in [5.74, 6) is 0. The summed E-state index contributed by atoms with van der Waals surface area (Å²) in [6.45, 7) is 14.7. The molecule has 0 bridgehead atoms. The van der Waals surface area contributed by atoms with Crippen LogP contribution in [0.2, 0.25) is 0 Å². The summed E-state index contributed by atoms with van der Waals surface area (Å²) >= 11 is 0. The monoisotopic (exact) mass is 428 g/mol. The number of hydrogen-bond donors (Lipinski definition) is 4. The third-order valence-corrected chi connectivity index (χ3v) is 6.42. The molecule has 2 aromatic rings. The summed E-state index contributed by atoms with van der Waals surface area (Å²) in [5, 5.41) is 44.0. The first-order valence-corrected chi connectivity index (χ1v) is 11.0. The second kappa shape index (κ2) is 8.67. The van der Waals surface area contributed by atoms with Gasteiger partial charge in [-0.15, -0.1) is 0 Å². The van der Waals surface area contributed by atoms with Crippen LogP contribution in [0.1, 0.15) is 74.9 Å². The van der Waals surface area contributed by atoms with E-state index < -0.39 is 30.8 Å². The minimum Gasteiger partial charge on any atom is -0.395 e. The van der Waals surface area contributed by atoms with Gasteiger partial charge in [0.25, 0.3) is 0 Å². The van der Waals surface area contributed by atoms with E-state index in [2.05, 4.69) is 41.5 Å². The minimum absolute atomic E-state index is 0.311. The second-order valence-corrected chi connectivity index (χ2v) is 11.1. The van der Waals surface area contributed by atoms with Crippen molar-refractivity contribution in [2.45, 2.75) is 71.8 Å². The van der Waals surface area contributed by atoms with Crippen molar-refractivity contribution in [1.29, 1.82) is 0 Å². The highest BCUT2D eigenvalue weighted by Gasteiger charge is 2.55. The molecule has 31 heavy (non-hydrogen) atoms. The van der Waals surface area contributed by atoms with E-state index in [-0.39, 0.29) is 10.8 Å². The van der Waals surface area contributed by atoms with E-state index in [0.29, 0.717) is 11.1 Å². The van der Waals surface area contributed by atoms with Gasteiger partial charge in [0.05, 0.1) is 25.2 Å². The van der Waals surface area contributed by atoms with Gasteiger partial charge in [0.2, 0.25) is 0 Å². The van der Waals surface area contributed by atoms with Gasteiger partial charge in [0.1, 0.15) is 5.60 Å². The first-order valence-electron chi connectivity index (χ1n) is 11.0. The topological polar surface area (TPSA) is 80.9 Å². The Hall–Kier alpha value is -1.72. The van der Waals surface area contributed by atoms with Gasteiger partial charge in [-0.3, -0.25) is 0 Å². The molecule has 4 N–H and O–H groups in total. The maximum atomic E-state index is 12.7. The maximum Gasteiger partial charge on any atom is 0.127 e. The van der Waals surface area contributed by atoms with E-state index >= 15 is 0 Å². The molecule has 0 saturated heterocycles. The highest BCUT2D eigenvalue weighted by Crippen LogP contribution is 2.50. The van der Waals surface area contributed by atoms with Crippen molar-refractivity contribution in [1.82, 2.24) is 0 Å². The molecule has 0 unspecified atom stereocenters. The molecule has 0 aliphatic heterocycles. The van der Waals surface area contributed by atoms with Crippen LogP contribution < -0.4 is 0 Å². The molecule has 4 heteroatoms. The van der Waals surface area contributed by atoms with Gasteiger partial charge < -0.3 is 20.4 Å². The number of aryl methyl sites for hydroxylation is 2. The average Bonchev–Trinajstić information content (AvgIpc) is 2.68. The second-order valence-electron chi connectivity index (χ2n) is 11.1. The van der Waals surface area contributed by atoms with Crippen molar-refractivity contribution in [3.05, 3.63) is 69.8 Å². The molecule has 0 radical (unpaired) electrons. The van der Waals surface area contributed by atoms with E-state index in [9.17, 15) is 20.4 Å². The molecule has 0 amide bonds. The zero-order chi connectivity index (χ0) is 23.8. The predicted octanol–water partition coefficient (Wildman–Crippen LogP) is 4.10. The van der Waals surface area contributed by atoms with Gasteiger partial charge in [0.15, 0.2) is 0 Å². The third-order valence-electron chi connectivity index (χ3n) is 6.42. The lowest BCUT2D eigenvalue weighted by Crippen LogP contribution is -2.55. The van der Waals surface area contributed by atoms with Gasteiger partial charge in [-0.25, -0.2) is 0 Å². The summed E-state index contributed by atoms with van der Waals surface area (Å²) < 4.78 is 0. The van der Waals surface area contributed by atoms with Gasteiger partial charge in [0, 0.05) is 0 Å². The fourth-order valence-electron chi connectivity index (χ4n) is 4.40. The van der Waals surface area contributed by atoms with Crippen LogP contribution in [-0.2, 0) is 16.4 Å². The van der Waals surface area contributed by atoms with Gasteiger partial charge >= 0.3 is 0 Å². The molecule has 0 fully saturated rings. The fourth-order valence-corrected chi connectivity index (χ4v) is 4.40. The van der Waals surface area contributed by atoms with Crippen LogP contribution in [0.3, 0.4) is 0 Å². The number of benzene rings is 2. The zero-order valence-electron chi connectivity index (χ0n) is 20.4. The highest BCUT2D eigenvalue weighted by molar-refractivity contribution is 5.52. The fraction of sp³-hybridized carbons (Fsp3) is 0.556. The van der Waals surface area contributed by atoms with Crippen LogP contribution in [-0.4, -0.2) is 40.2 Å². The molecule has 4 nitrogen and oxygen atoms in total. The molecule has 0 aromatic heterocycles. The van der Waals surface area contributed by atoms with Crippen LogP contribution in [0.4, 0.5) is 0 Å². The number of hydrogen-bond acceptors (Lipinski definition) is 4. The summed E-state index contributed by atoms with van der Waals surface area (Å²) in [5.41, 5.74) is 1.09. The largest absolute Gasteiger partial charge is 0.395 e. The molecular formula is C27H40O4. The minimum atomic E-state index is -1.82. The molecule has 172 valence electrons.